The van der Waals surface area contributed by atoms with E-state index in [-0.39, 0.29) is 23.0 Å². The van der Waals surface area contributed by atoms with Crippen LogP contribution in [0.5, 0.6) is 0 Å². The van der Waals surface area contributed by atoms with Crippen LogP contribution in [0.4, 0.5) is 9.18 Å². The number of halogens is 2. The molecule has 0 saturated carbocycles. The highest BCUT2D eigenvalue weighted by Crippen LogP contribution is 2.32. The lowest BCUT2D eigenvalue weighted by Gasteiger charge is -2.29. The predicted molar refractivity (Wildman–Crippen MR) is 87.5 cm³/mol. The average molecular weight is 359 g/mol. The summed E-state index contributed by atoms with van der Waals surface area (Å²) in [7, 11) is 1.21. The van der Waals surface area contributed by atoms with Gasteiger partial charge in [-0.05, 0) is 32.8 Å². The van der Waals surface area contributed by atoms with Crippen molar-refractivity contribution in [1.29, 1.82) is 0 Å². The summed E-state index contributed by atoms with van der Waals surface area (Å²) in [5, 5.41) is -0.249. The zero-order valence-corrected chi connectivity index (χ0v) is 14.8. The largest absolute Gasteiger partial charge is 0.464 e. The zero-order valence-electron chi connectivity index (χ0n) is 14.0. The van der Waals surface area contributed by atoms with E-state index >= 15 is 0 Å². The summed E-state index contributed by atoms with van der Waals surface area (Å²) in [5.74, 6) is -1.40. The SMILES string of the molecule is COC(=O)c1[nH]c(Cl)c(F)c1C1=CCN(C(=O)OC(C)(C)C)CC1. The van der Waals surface area contributed by atoms with Crippen LogP contribution in [0, 0.1) is 5.82 Å². The molecule has 132 valence electrons. The molecule has 1 aliphatic heterocycles. The molecular weight excluding hydrogens is 339 g/mol. The maximum Gasteiger partial charge on any atom is 0.410 e. The van der Waals surface area contributed by atoms with Gasteiger partial charge in [0.15, 0.2) is 5.82 Å². The summed E-state index contributed by atoms with van der Waals surface area (Å²) >= 11 is 5.76. The van der Waals surface area contributed by atoms with Crippen molar-refractivity contribution in [3.8, 4) is 0 Å². The normalized spacial score (nSPS) is 15.1. The molecule has 2 rings (SSSR count). The number of ether oxygens (including phenoxy) is 2. The van der Waals surface area contributed by atoms with Crippen LogP contribution in [0.3, 0.4) is 0 Å². The predicted octanol–water partition coefficient (Wildman–Crippen LogP) is 3.62. The van der Waals surface area contributed by atoms with Gasteiger partial charge in [-0.15, -0.1) is 0 Å². The highest BCUT2D eigenvalue weighted by atomic mass is 35.5. The van der Waals surface area contributed by atoms with Gasteiger partial charge in [-0.25, -0.2) is 14.0 Å². The first kappa shape index (κ1) is 18.3. The summed E-state index contributed by atoms with van der Waals surface area (Å²) in [4.78, 5) is 27.8. The van der Waals surface area contributed by atoms with Crippen LogP contribution in [-0.4, -0.2) is 47.7 Å². The van der Waals surface area contributed by atoms with Crippen molar-refractivity contribution in [3.05, 3.63) is 28.3 Å². The van der Waals surface area contributed by atoms with Gasteiger partial charge < -0.3 is 19.4 Å². The highest BCUT2D eigenvalue weighted by Gasteiger charge is 2.29. The van der Waals surface area contributed by atoms with Crippen molar-refractivity contribution in [3.63, 3.8) is 0 Å². The number of hydrogen-bond donors (Lipinski definition) is 1. The number of H-pyrrole nitrogens is 1. The zero-order chi connectivity index (χ0) is 18.1. The van der Waals surface area contributed by atoms with Crippen molar-refractivity contribution < 1.29 is 23.5 Å². The lowest BCUT2D eigenvalue weighted by molar-refractivity contribution is 0.0270. The Morgan fingerprint density at radius 1 is 1.38 bits per heavy atom. The van der Waals surface area contributed by atoms with E-state index in [0.29, 0.717) is 18.5 Å². The highest BCUT2D eigenvalue weighted by molar-refractivity contribution is 6.30. The number of methoxy groups -OCH3 is 1. The molecule has 0 aromatic carbocycles. The molecule has 1 aromatic rings. The number of carbonyl (C=O) groups is 2. The van der Waals surface area contributed by atoms with Crippen molar-refractivity contribution in [2.75, 3.05) is 20.2 Å². The number of esters is 1. The van der Waals surface area contributed by atoms with E-state index in [4.69, 9.17) is 16.3 Å². The molecule has 0 spiro atoms. The maximum absolute atomic E-state index is 14.3. The van der Waals surface area contributed by atoms with Gasteiger partial charge in [0.1, 0.15) is 16.4 Å². The number of carbonyl (C=O) groups excluding carboxylic acids is 2. The molecule has 2 heterocycles. The molecule has 0 saturated heterocycles. The molecule has 0 aliphatic carbocycles. The van der Waals surface area contributed by atoms with E-state index in [9.17, 15) is 14.0 Å². The van der Waals surface area contributed by atoms with Gasteiger partial charge in [0.2, 0.25) is 0 Å². The third kappa shape index (κ3) is 3.90. The van der Waals surface area contributed by atoms with Gasteiger partial charge in [0.05, 0.1) is 7.11 Å². The molecule has 0 bridgehead atoms. The second-order valence-corrected chi connectivity index (χ2v) is 6.78. The van der Waals surface area contributed by atoms with Crippen LogP contribution in [0.25, 0.3) is 5.57 Å². The van der Waals surface area contributed by atoms with E-state index in [1.807, 2.05) is 0 Å². The fraction of sp³-hybridized carbons (Fsp3) is 0.500. The Bertz CT molecular complexity index is 691. The number of hydrogen-bond acceptors (Lipinski definition) is 4. The first-order chi connectivity index (χ1) is 11.1. The second-order valence-electron chi connectivity index (χ2n) is 6.40. The van der Waals surface area contributed by atoms with Crippen LogP contribution < -0.4 is 0 Å². The molecule has 1 aromatic heterocycles. The maximum atomic E-state index is 14.3. The topological polar surface area (TPSA) is 71.6 Å². The van der Waals surface area contributed by atoms with Crippen LogP contribution >= 0.6 is 11.6 Å². The van der Waals surface area contributed by atoms with Crippen LogP contribution in [0.1, 0.15) is 43.2 Å². The number of rotatable bonds is 2. The van der Waals surface area contributed by atoms with E-state index in [1.54, 1.807) is 26.8 Å². The number of nitrogens with zero attached hydrogens (tertiary/aromatic N) is 1. The summed E-state index contributed by atoms with van der Waals surface area (Å²) in [6.45, 7) is 5.97. The molecule has 6 nitrogen and oxygen atoms in total. The van der Waals surface area contributed by atoms with Crippen LogP contribution in [0.2, 0.25) is 5.15 Å². The van der Waals surface area contributed by atoms with Gasteiger partial charge >= 0.3 is 12.1 Å². The summed E-state index contributed by atoms with van der Waals surface area (Å²) < 4.78 is 24.2. The van der Waals surface area contributed by atoms with Gasteiger partial charge in [-0.2, -0.15) is 0 Å². The van der Waals surface area contributed by atoms with Crippen molar-refractivity contribution in [2.45, 2.75) is 32.8 Å². The molecule has 0 atom stereocenters. The average Bonchev–Trinajstić information content (AvgIpc) is 2.80. The molecule has 1 amide bonds. The molecule has 0 fully saturated rings. The van der Waals surface area contributed by atoms with Crippen LogP contribution in [0.15, 0.2) is 6.08 Å². The first-order valence-electron chi connectivity index (χ1n) is 7.46. The standard InChI is InChI=1S/C16H20ClFN2O4/c1-16(2,3)24-15(22)20-7-5-9(6-8-20)10-11(18)13(17)19-12(10)14(21)23-4/h5,19H,6-8H2,1-4H3. The fourth-order valence-corrected chi connectivity index (χ4v) is 2.58. The minimum Gasteiger partial charge on any atom is -0.464 e. The number of aromatic nitrogens is 1. The smallest absolute Gasteiger partial charge is 0.410 e. The molecule has 0 unspecified atom stereocenters. The Morgan fingerprint density at radius 3 is 2.54 bits per heavy atom. The van der Waals surface area contributed by atoms with Gasteiger partial charge in [-0.3, -0.25) is 0 Å². The number of nitrogens with one attached hydrogen (secondary N) is 1. The molecule has 0 radical (unpaired) electrons. The van der Waals surface area contributed by atoms with E-state index in [2.05, 4.69) is 9.72 Å². The molecule has 1 N–H and O–H groups in total. The number of amides is 1. The van der Waals surface area contributed by atoms with Gasteiger partial charge in [-0.1, -0.05) is 17.7 Å². The lowest BCUT2D eigenvalue weighted by atomic mass is 9.99. The van der Waals surface area contributed by atoms with Gasteiger partial charge in [0.25, 0.3) is 0 Å². The minimum atomic E-state index is -0.703. The molecule has 24 heavy (non-hydrogen) atoms. The number of aromatic amines is 1. The lowest BCUT2D eigenvalue weighted by Crippen LogP contribution is -2.39. The summed E-state index contributed by atoms with van der Waals surface area (Å²) in [6, 6.07) is 0. The Hall–Kier alpha value is -2.02. The first-order valence-corrected chi connectivity index (χ1v) is 7.84. The second kappa shape index (κ2) is 6.84. The van der Waals surface area contributed by atoms with E-state index in [1.165, 1.54) is 12.0 Å². The van der Waals surface area contributed by atoms with Gasteiger partial charge in [0, 0.05) is 18.7 Å². The van der Waals surface area contributed by atoms with Crippen molar-refractivity contribution in [1.82, 2.24) is 9.88 Å². The molecular formula is C16H20ClFN2O4. The Morgan fingerprint density at radius 2 is 2.04 bits per heavy atom. The van der Waals surface area contributed by atoms with Crippen molar-refractivity contribution >= 4 is 29.2 Å². The fourth-order valence-electron chi connectivity index (χ4n) is 2.39. The third-order valence-corrected chi connectivity index (χ3v) is 3.73. The quantitative estimate of drug-likeness (QED) is 0.820. The Labute approximate surface area is 144 Å². The molecule has 1 aliphatic rings. The van der Waals surface area contributed by atoms with E-state index in [0.717, 1.165) is 0 Å². The molecule has 8 heteroatoms. The van der Waals surface area contributed by atoms with E-state index < -0.39 is 23.5 Å². The Kier molecular flexibility index (Phi) is 5.22. The summed E-state index contributed by atoms with van der Waals surface area (Å²) in [6.07, 6.45) is 1.62. The van der Waals surface area contributed by atoms with Crippen LogP contribution in [-0.2, 0) is 9.47 Å². The monoisotopic (exact) mass is 358 g/mol. The summed E-state index contributed by atoms with van der Waals surface area (Å²) in [5.41, 5.74) is 0.0721. The Balaban J connectivity index is 2.22. The minimum absolute atomic E-state index is 0.0306. The third-order valence-electron chi connectivity index (χ3n) is 3.47. The van der Waals surface area contributed by atoms with Crippen molar-refractivity contribution in [2.24, 2.45) is 0 Å².